The third-order valence-corrected chi connectivity index (χ3v) is 3.63. The molecule has 0 spiro atoms. The third kappa shape index (κ3) is 4.49. The molecule has 0 heterocycles. The van der Waals surface area contributed by atoms with E-state index in [4.69, 9.17) is 9.47 Å². The van der Waals surface area contributed by atoms with Gasteiger partial charge in [-0.3, -0.25) is 4.79 Å². The zero-order valence-electron chi connectivity index (χ0n) is 12.5. The Morgan fingerprint density at radius 1 is 1.09 bits per heavy atom. The van der Waals surface area contributed by atoms with E-state index >= 15 is 0 Å². The molecule has 0 saturated carbocycles. The van der Waals surface area contributed by atoms with Crippen LogP contribution in [0.5, 0.6) is 11.5 Å². The van der Waals surface area contributed by atoms with E-state index in [2.05, 4.69) is 20.7 Å². The van der Waals surface area contributed by atoms with Crippen LogP contribution in [-0.4, -0.2) is 20.2 Å². The highest BCUT2D eigenvalue weighted by molar-refractivity contribution is 9.10. The minimum absolute atomic E-state index is 0.257. The molecule has 116 valence electrons. The molecule has 4 nitrogen and oxygen atoms in total. The quantitative estimate of drug-likeness (QED) is 0.732. The second-order valence-corrected chi connectivity index (χ2v) is 5.56. The highest BCUT2D eigenvalue weighted by Crippen LogP contribution is 2.24. The SMILES string of the molecule is COC(=O)Cc1ccc(OCc2cc(Br)ccc2OC)cc1. The first kappa shape index (κ1) is 16.4. The van der Waals surface area contributed by atoms with E-state index in [1.165, 1.54) is 7.11 Å². The zero-order valence-corrected chi connectivity index (χ0v) is 14.1. The molecule has 0 aliphatic rings. The molecule has 2 aromatic carbocycles. The van der Waals surface area contributed by atoms with Gasteiger partial charge in [-0.15, -0.1) is 0 Å². The normalized spacial score (nSPS) is 10.1. The number of hydrogen-bond donors (Lipinski definition) is 0. The molecule has 0 aromatic heterocycles. The lowest BCUT2D eigenvalue weighted by atomic mass is 10.1. The van der Waals surface area contributed by atoms with E-state index in [1.54, 1.807) is 7.11 Å². The number of benzene rings is 2. The summed E-state index contributed by atoms with van der Waals surface area (Å²) < 4.78 is 16.7. The van der Waals surface area contributed by atoms with E-state index in [0.717, 1.165) is 27.1 Å². The molecule has 0 amide bonds. The first-order chi connectivity index (χ1) is 10.6. The largest absolute Gasteiger partial charge is 0.496 e. The number of ether oxygens (including phenoxy) is 3. The maximum atomic E-state index is 11.2. The van der Waals surface area contributed by atoms with Crippen LogP contribution in [0.4, 0.5) is 0 Å². The molecule has 0 fully saturated rings. The number of halogens is 1. The summed E-state index contributed by atoms with van der Waals surface area (Å²) in [6.45, 7) is 0.402. The van der Waals surface area contributed by atoms with Crippen molar-refractivity contribution in [1.29, 1.82) is 0 Å². The number of methoxy groups -OCH3 is 2. The van der Waals surface area contributed by atoms with Gasteiger partial charge in [-0.2, -0.15) is 0 Å². The number of hydrogen-bond acceptors (Lipinski definition) is 4. The van der Waals surface area contributed by atoms with Crippen molar-refractivity contribution in [2.45, 2.75) is 13.0 Å². The van der Waals surface area contributed by atoms with Gasteiger partial charge in [0.15, 0.2) is 0 Å². The molecule has 2 aromatic rings. The maximum Gasteiger partial charge on any atom is 0.309 e. The third-order valence-electron chi connectivity index (χ3n) is 3.14. The van der Waals surface area contributed by atoms with Crippen molar-refractivity contribution in [3.63, 3.8) is 0 Å². The summed E-state index contributed by atoms with van der Waals surface area (Å²) in [6, 6.07) is 13.1. The number of carbonyl (C=O) groups excluding carboxylic acids is 1. The predicted molar refractivity (Wildman–Crippen MR) is 87.2 cm³/mol. The fourth-order valence-electron chi connectivity index (χ4n) is 1.96. The standard InChI is InChI=1S/C17H17BrO4/c1-20-16-8-5-14(18)10-13(16)11-22-15-6-3-12(4-7-15)9-17(19)21-2/h3-8,10H,9,11H2,1-2H3. The molecule has 0 aliphatic carbocycles. The van der Waals surface area contributed by atoms with Crippen molar-refractivity contribution in [1.82, 2.24) is 0 Å². The number of esters is 1. The lowest BCUT2D eigenvalue weighted by molar-refractivity contribution is -0.139. The fourth-order valence-corrected chi connectivity index (χ4v) is 2.37. The predicted octanol–water partition coefficient (Wildman–Crippen LogP) is 3.75. The Bertz CT molecular complexity index is 638. The summed E-state index contributed by atoms with van der Waals surface area (Å²) in [6.07, 6.45) is 0.260. The van der Waals surface area contributed by atoms with Gasteiger partial charge in [0.05, 0.1) is 20.6 Å². The molecule has 0 atom stereocenters. The van der Waals surface area contributed by atoms with Crippen molar-refractivity contribution in [2.75, 3.05) is 14.2 Å². The van der Waals surface area contributed by atoms with Crippen LogP contribution in [0.25, 0.3) is 0 Å². The van der Waals surface area contributed by atoms with E-state index in [9.17, 15) is 4.79 Å². The molecule has 0 N–H and O–H groups in total. The number of carbonyl (C=O) groups is 1. The Balaban J connectivity index is 2.00. The average molecular weight is 365 g/mol. The summed E-state index contributed by atoms with van der Waals surface area (Å²) in [5.74, 6) is 1.26. The molecular weight excluding hydrogens is 348 g/mol. The fraction of sp³-hybridized carbons (Fsp3) is 0.235. The van der Waals surface area contributed by atoms with Crippen molar-refractivity contribution in [3.8, 4) is 11.5 Å². The van der Waals surface area contributed by atoms with Gasteiger partial charge in [-0.1, -0.05) is 28.1 Å². The monoisotopic (exact) mass is 364 g/mol. The van der Waals surface area contributed by atoms with Crippen molar-refractivity contribution in [3.05, 3.63) is 58.1 Å². The van der Waals surface area contributed by atoms with Crippen LogP contribution >= 0.6 is 15.9 Å². The minimum atomic E-state index is -0.257. The van der Waals surface area contributed by atoms with Gasteiger partial charge in [0, 0.05) is 10.0 Å². The van der Waals surface area contributed by atoms with Crippen LogP contribution in [0.3, 0.4) is 0 Å². The maximum absolute atomic E-state index is 11.2. The van der Waals surface area contributed by atoms with Crippen LogP contribution in [0.1, 0.15) is 11.1 Å². The minimum Gasteiger partial charge on any atom is -0.496 e. The highest BCUT2D eigenvalue weighted by Gasteiger charge is 2.06. The van der Waals surface area contributed by atoms with Crippen molar-refractivity contribution in [2.24, 2.45) is 0 Å². The van der Waals surface area contributed by atoms with Gasteiger partial charge in [-0.05, 0) is 35.9 Å². The van der Waals surface area contributed by atoms with E-state index in [-0.39, 0.29) is 12.4 Å². The second kappa shape index (κ2) is 7.84. The van der Waals surface area contributed by atoms with Gasteiger partial charge in [0.1, 0.15) is 18.1 Å². The molecule has 2 rings (SSSR count). The smallest absolute Gasteiger partial charge is 0.309 e. The molecule has 5 heteroatoms. The van der Waals surface area contributed by atoms with Crippen LogP contribution in [0, 0.1) is 0 Å². The first-order valence-electron chi connectivity index (χ1n) is 6.73. The molecule has 0 radical (unpaired) electrons. The molecule has 22 heavy (non-hydrogen) atoms. The molecule has 0 aliphatic heterocycles. The Labute approximate surface area is 138 Å². The van der Waals surface area contributed by atoms with Crippen LogP contribution in [0.15, 0.2) is 46.9 Å². The Morgan fingerprint density at radius 3 is 2.45 bits per heavy atom. The zero-order chi connectivity index (χ0) is 15.9. The second-order valence-electron chi connectivity index (χ2n) is 4.64. The van der Waals surface area contributed by atoms with Crippen LogP contribution < -0.4 is 9.47 Å². The number of rotatable bonds is 6. The van der Waals surface area contributed by atoms with Crippen molar-refractivity contribution >= 4 is 21.9 Å². The van der Waals surface area contributed by atoms with Crippen LogP contribution in [0.2, 0.25) is 0 Å². The van der Waals surface area contributed by atoms with E-state index < -0.39 is 0 Å². The Morgan fingerprint density at radius 2 is 1.82 bits per heavy atom. The summed E-state index contributed by atoms with van der Waals surface area (Å²) in [5.41, 5.74) is 1.84. The summed E-state index contributed by atoms with van der Waals surface area (Å²) in [7, 11) is 3.01. The Hall–Kier alpha value is -2.01. The van der Waals surface area contributed by atoms with Crippen LogP contribution in [-0.2, 0) is 22.6 Å². The summed E-state index contributed by atoms with van der Waals surface area (Å²) >= 11 is 3.44. The molecule has 0 saturated heterocycles. The molecular formula is C17H17BrO4. The molecule has 0 bridgehead atoms. The van der Waals surface area contributed by atoms with Gasteiger partial charge < -0.3 is 14.2 Å². The first-order valence-corrected chi connectivity index (χ1v) is 7.52. The highest BCUT2D eigenvalue weighted by atomic mass is 79.9. The van der Waals surface area contributed by atoms with E-state index in [0.29, 0.717) is 6.61 Å². The summed E-state index contributed by atoms with van der Waals surface area (Å²) in [4.78, 5) is 11.2. The van der Waals surface area contributed by atoms with Gasteiger partial charge >= 0.3 is 5.97 Å². The molecule has 0 unspecified atom stereocenters. The van der Waals surface area contributed by atoms with Gasteiger partial charge in [0.25, 0.3) is 0 Å². The van der Waals surface area contributed by atoms with Crippen molar-refractivity contribution < 1.29 is 19.0 Å². The topological polar surface area (TPSA) is 44.8 Å². The van der Waals surface area contributed by atoms with E-state index in [1.807, 2.05) is 42.5 Å². The Kier molecular flexibility index (Phi) is 5.83. The summed E-state index contributed by atoms with van der Waals surface area (Å²) in [5, 5.41) is 0. The average Bonchev–Trinajstić information content (AvgIpc) is 2.54. The lowest BCUT2D eigenvalue weighted by Gasteiger charge is -2.11. The lowest BCUT2D eigenvalue weighted by Crippen LogP contribution is -2.04. The van der Waals surface area contributed by atoms with Gasteiger partial charge in [-0.25, -0.2) is 0 Å². The van der Waals surface area contributed by atoms with Gasteiger partial charge in [0.2, 0.25) is 0 Å².